The number of nitrogens with one attached hydrogen (secondary N) is 1. The number of halogens is 1. The lowest BCUT2D eigenvalue weighted by molar-refractivity contribution is -0.132. The van der Waals surface area contributed by atoms with E-state index in [0.29, 0.717) is 6.42 Å². The highest BCUT2D eigenvalue weighted by Gasteiger charge is 2.16. The summed E-state index contributed by atoms with van der Waals surface area (Å²) in [5.41, 5.74) is 1.06. The molecule has 0 radical (unpaired) electrons. The fraction of sp³-hybridized carbons (Fsp3) is 0.533. The number of hydrogen-bond donors (Lipinski definition) is 1. The third-order valence-corrected chi connectivity index (χ3v) is 3.54. The number of nitrogens with zero attached hydrogens (tertiary/aromatic N) is 2. The van der Waals surface area contributed by atoms with Crippen LogP contribution in [0.1, 0.15) is 12.0 Å². The van der Waals surface area contributed by atoms with Gasteiger partial charge in [-0.2, -0.15) is 0 Å². The fourth-order valence-electron chi connectivity index (χ4n) is 2.34. The van der Waals surface area contributed by atoms with Crippen LogP contribution in [-0.4, -0.2) is 55.5 Å². The molecular formula is C15H22FN3O. The predicted molar refractivity (Wildman–Crippen MR) is 76.8 cm³/mol. The SMILES string of the molecule is CN(CCC(=O)N1CCNCC1)Cc1ccc(F)cc1. The Hall–Kier alpha value is -1.46. The molecule has 1 aromatic carbocycles. The summed E-state index contributed by atoms with van der Waals surface area (Å²) < 4.78 is 12.8. The van der Waals surface area contributed by atoms with Crippen molar-refractivity contribution >= 4 is 5.91 Å². The monoisotopic (exact) mass is 279 g/mol. The van der Waals surface area contributed by atoms with Crippen LogP contribution >= 0.6 is 0 Å². The Balaban J connectivity index is 1.72. The highest BCUT2D eigenvalue weighted by Crippen LogP contribution is 2.06. The molecular weight excluding hydrogens is 257 g/mol. The predicted octanol–water partition coefficient (Wildman–Crippen LogP) is 1.08. The summed E-state index contributed by atoms with van der Waals surface area (Å²) >= 11 is 0. The van der Waals surface area contributed by atoms with Crippen molar-refractivity contribution in [3.8, 4) is 0 Å². The number of carbonyl (C=O) groups excluding carboxylic acids is 1. The standard InChI is InChI=1S/C15H22FN3O/c1-18(12-13-2-4-14(16)5-3-13)9-6-15(20)19-10-7-17-8-11-19/h2-5,17H,6-12H2,1H3. The number of rotatable bonds is 5. The molecule has 0 aliphatic carbocycles. The largest absolute Gasteiger partial charge is 0.340 e. The zero-order valence-corrected chi connectivity index (χ0v) is 11.9. The molecule has 0 aromatic heterocycles. The summed E-state index contributed by atoms with van der Waals surface area (Å²) in [6, 6.07) is 6.50. The van der Waals surface area contributed by atoms with Gasteiger partial charge >= 0.3 is 0 Å². The molecule has 1 heterocycles. The van der Waals surface area contributed by atoms with Crippen LogP contribution in [0.25, 0.3) is 0 Å². The Morgan fingerprint density at radius 2 is 1.95 bits per heavy atom. The van der Waals surface area contributed by atoms with Crippen LogP contribution in [0, 0.1) is 5.82 Å². The maximum absolute atomic E-state index is 12.8. The molecule has 1 saturated heterocycles. The third kappa shape index (κ3) is 4.58. The van der Waals surface area contributed by atoms with Crippen LogP contribution in [0.15, 0.2) is 24.3 Å². The van der Waals surface area contributed by atoms with Crippen molar-refractivity contribution in [1.82, 2.24) is 15.1 Å². The van der Waals surface area contributed by atoms with Gasteiger partial charge in [0, 0.05) is 45.7 Å². The van der Waals surface area contributed by atoms with Gasteiger partial charge in [0.05, 0.1) is 0 Å². The van der Waals surface area contributed by atoms with Crippen LogP contribution in [0.2, 0.25) is 0 Å². The molecule has 0 unspecified atom stereocenters. The van der Waals surface area contributed by atoms with Gasteiger partial charge < -0.3 is 15.1 Å². The molecule has 0 bridgehead atoms. The van der Waals surface area contributed by atoms with E-state index in [4.69, 9.17) is 0 Å². The number of piperazine rings is 1. The highest BCUT2D eigenvalue weighted by atomic mass is 19.1. The topological polar surface area (TPSA) is 35.6 Å². The molecule has 0 spiro atoms. The average Bonchev–Trinajstić information content (AvgIpc) is 2.48. The van der Waals surface area contributed by atoms with E-state index in [0.717, 1.165) is 44.8 Å². The first-order valence-corrected chi connectivity index (χ1v) is 7.06. The average molecular weight is 279 g/mol. The first kappa shape index (κ1) is 14.9. The molecule has 1 aromatic rings. The van der Waals surface area contributed by atoms with E-state index in [2.05, 4.69) is 10.2 Å². The Bertz CT molecular complexity index is 429. The normalized spacial score (nSPS) is 15.7. The van der Waals surface area contributed by atoms with Crippen molar-refractivity contribution in [3.63, 3.8) is 0 Å². The van der Waals surface area contributed by atoms with E-state index in [9.17, 15) is 9.18 Å². The van der Waals surface area contributed by atoms with Crippen LogP contribution in [-0.2, 0) is 11.3 Å². The zero-order chi connectivity index (χ0) is 14.4. The van der Waals surface area contributed by atoms with Crippen molar-refractivity contribution < 1.29 is 9.18 Å². The zero-order valence-electron chi connectivity index (χ0n) is 11.9. The lowest BCUT2D eigenvalue weighted by Crippen LogP contribution is -2.47. The first-order valence-electron chi connectivity index (χ1n) is 7.06. The van der Waals surface area contributed by atoms with Crippen LogP contribution in [0.5, 0.6) is 0 Å². The summed E-state index contributed by atoms with van der Waals surface area (Å²) in [6.07, 6.45) is 0.539. The van der Waals surface area contributed by atoms with E-state index < -0.39 is 0 Å². The Morgan fingerprint density at radius 1 is 1.30 bits per heavy atom. The van der Waals surface area contributed by atoms with Gasteiger partial charge in [0.25, 0.3) is 0 Å². The minimum absolute atomic E-state index is 0.217. The highest BCUT2D eigenvalue weighted by molar-refractivity contribution is 5.76. The van der Waals surface area contributed by atoms with Gasteiger partial charge in [-0.25, -0.2) is 4.39 Å². The molecule has 1 aliphatic rings. The maximum Gasteiger partial charge on any atom is 0.223 e. The first-order chi connectivity index (χ1) is 9.65. The van der Waals surface area contributed by atoms with E-state index in [1.165, 1.54) is 12.1 Å². The quantitative estimate of drug-likeness (QED) is 0.876. The van der Waals surface area contributed by atoms with E-state index in [-0.39, 0.29) is 11.7 Å². The Morgan fingerprint density at radius 3 is 2.60 bits per heavy atom. The number of amides is 1. The minimum atomic E-state index is -0.217. The van der Waals surface area contributed by atoms with Crippen molar-refractivity contribution in [2.45, 2.75) is 13.0 Å². The van der Waals surface area contributed by atoms with Gasteiger partial charge in [0.1, 0.15) is 5.82 Å². The van der Waals surface area contributed by atoms with Crippen molar-refractivity contribution in [2.75, 3.05) is 39.8 Å². The summed E-state index contributed by atoms with van der Waals surface area (Å²) in [6.45, 7) is 4.84. The van der Waals surface area contributed by atoms with Crippen LogP contribution in [0.3, 0.4) is 0 Å². The van der Waals surface area contributed by atoms with Crippen molar-refractivity contribution in [1.29, 1.82) is 0 Å². The fourth-order valence-corrected chi connectivity index (χ4v) is 2.34. The lowest BCUT2D eigenvalue weighted by atomic mass is 10.2. The summed E-state index contributed by atoms with van der Waals surface area (Å²) in [4.78, 5) is 16.0. The molecule has 110 valence electrons. The van der Waals surface area contributed by atoms with Crippen LogP contribution in [0.4, 0.5) is 4.39 Å². The number of carbonyl (C=O) groups is 1. The molecule has 1 aliphatic heterocycles. The Labute approximate surface area is 119 Å². The number of hydrogen-bond acceptors (Lipinski definition) is 3. The molecule has 20 heavy (non-hydrogen) atoms. The van der Waals surface area contributed by atoms with E-state index in [1.807, 2.05) is 11.9 Å². The van der Waals surface area contributed by atoms with Crippen LogP contribution < -0.4 is 5.32 Å². The van der Waals surface area contributed by atoms with E-state index >= 15 is 0 Å². The Kier molecular flexibility index (Phi) is 5.49. The van der Waals surface area contributed by atoms with Gasteiger partial charge in [-0.1, -0.05) is 12.1 Å². The second kappa shape index (κ2) is 7.36. The summed E-state index contributed by atoms with van der Waals surface area (Å²) in [5, 5.41) is 3.24. The molecule has 0 saturated carbocycles. The molecule has 1 amide bonds. The van der Waals surface area contributed by atoms with Gasteiger partial charge in [-0.05, 0) is 24.7 Å². The molecule has 1 fully saturated rings. The maximum atomic E-state index is 12.8. The molecule has 2 rings (SSSR count). The van der Waals surface area contributed by atoms with Crippen molar-refractivity contribution in [3.05, 3.63) is 35.6 Å². The number of benzene rings is 1. The van der Waals surface area contributed by atoms with Gasteiger partial charge in [-0.15, -0.1) is 0 Å². The summed E-state index contributed by atoms with van der Waals surface area (Å²) in [7, 11) is 1.98. The smallest absolute Gasteiger partial charge is 0.223 e. The summed E-state index contributed by atoms with van der Waals surface area (Å²) in [5.74, 6) is 0.00254. The molecule has 0 atom stereocenters. The lowest BCUT2D eigenvalue weighted by Gasteiger charge is -2.28. The van der Waals surface area contributed by atoms with Gasteiger partial charge in [0.15, 0.2) is 0 Å². The third-order valence-electron chi connectivity index (χ3n) is 3.54. The van der Waals surface area contributed by atoms with Gasteiger partial charge in [0.2, 0.25) is 5.91 Å². The molecule has 4 nitrogen and oxygen atoms in total. The van der Waals surface area contributed by atoms with E-state index in [1.54, 1.807) is 12.1 Å². The van der Waals surface area contributed by atoms with Crippen molar-refractivity contribution in [2.24, 2.45) is 0 Å². The second-order valence-corrected chi connectivity index (χ2v) is 5.25. The molecule has 1 N–H and O–H groups in total. The second-order valence-electron chi connectivity index (χ2n) is 5.25. The van der Waals surface area contributed by atoms with Gasteiger partial charge in [-0.3, -0.25) is 4.79 Å². The molecule has 5 heteroatoms. The minimum Gasteiger partial charge on any atom is -0.340 e.